The van der Waals surface area contributed by atoms with Crippen LogP contribution in [0, 0.1) is 3.57 Å². The molecule has 0 radical (unpaired) electrons. The summed E-state index contributed by atoms with van der Waals surface area (Å²) in [5, 5.41) is 1.04. The average molecular weight is 824 g/mol. The topological polar surface area (TPSA) is 79.1 Å². The molecule has 240 valence electrons. The van der Waals surface area contributed by atoms with Crippen molar-refractivity contribution in [1.82, 2.24) is 4.57 Å². The molecule has 2 heterocycles. The third-order valence-electron chi connectivity index (χ3n) is 6.70. The number of benzene rings is 3. The van der Waals surface area contributed by atoms with Crippen LogP contribution in [0.5, 0.6) is 11.5 Å². The number of esters is 1. The summed E-state index contributed by atoms with van der Waals surface area (Å²) >= 11 is 21.0. The van der Waals surface area contributed by atoms with Crippen LogP contribution in [0.1, 0.15) is 29.7 Å². The van der Waals surface area contributed by atoms with Crippen molar-refractivity contribution in [1.29, 1.82) is 0 Å². The highest BCUT2D eigenvalue weighted by Crippen LogP contribution is 2.39. The summed E-state index contributed by atoms with van der Waals surface area (Å²) in [6.45, 7) is 1.34. The van der Waals surface area contributed by atoms with Crippen molar-refractivity contribution >= 4 is 80.8 Å². The predicted octanol–water partition coefficient (Wildman–Crippen LogP) is 7.49. The van der Waals surface area contributed by atoms with Crippen molar-refractivity contribution < 1.29 is 32.2 Å². The average Bonchev–Trinajstić information content (AvgIpc) is 3.31. The molecule has 1 atom stereocenters. The summed E-state index contributed by atoms with van der Waals surface area (Å²) in [5.74, 6) is -0.612. The normalized spacial score (nSPS) is 15.0. The summed E-state index contributed by atoms with van der Waals surface area (Å²) in [6.07, 6.45) is -3.55. The first-order valence-corrected chi connectivity index (χ1v) is 16.3. The van der Waals surface area contributed by atoms with Crippen molar-refractivity contribution in [2.45, 2.75) is 25.7 Å². The van der Waals surface area contributed by atoms with Gasteiger partial charge in [-0.1, -0.05) is 64.3 Å². The van der Waals surface area contributed by atoms with Gasteiger partial charge in [-0.2, -0.15) is 13.2 Å². The number of carbonyl (C=O) groups excluding carboxylic acids is 1. The Morgan fingerprint density at radius 3 is 2.43 bits per heavy atom. The van der Waals surface area contributed by atoms with Gasteiger partial charge >= 0.3 is 12.1 Å². The van der Waals surface area contributed by atoms with Crippen molar-refractivity contribution in [2.24, 2.45) is 4.99 Å². The number of aromatic nitrogens is 1. The van der Waals surface area contributed by atoms with Gasteiger partial charge in [-0.05, 0) is 83.1 Å². The molecule has 1 aliphatic heterocycles. The SMILES string of the molecule is CCOC(=O)C1=C(C(F)(F)F)N=c2s/c(=C\c3cc(I)cc(OC)c3OCc3ccc(Cl)c(Cl)c3)c(=O)n2[C@@H]1c1ccc(Cl)cc1. The maximum absolute atomic E-state index is 14.4. The van der Waals surface area contributed by atoms with Gasteiger partial charge in [0.1, 0.15) is 6.61 Å². The first-order chi connectivity index (χ1) is 21.8. The van der Waals surface area contributed by atoms with E-state index in [0.717, 1.165) is 19.5 Å². The summed E-state index contributed by atoms with van der Waals surface area (Å²) in [4.78, 5) is 30.7. The Hall–Kier alpha value is -3.04. The molecule has 1 aliphatic rings. The number of halogens is 7. The van der Waals surface area contributed by atoms with Crippen LogP contribution >= 0.6 is 68.7 Å². The van der Waals surface area contributed by atoms with Gasteiger partial charge in [0.05, 0.1) is 39.9 Å². The van der Waals surface area contributed by atoms with Crippen LogP contribution in [-0.2, 0) is 16.1 Å². The number of hydrogen-bond acceptors (Lipinski definition) is 7. The fourth-order valence-corrected chi connectivity index (χ4v) is 6.79. The van der Waals surface area contributed by atoms with E-state index < -0.39 is 35.0 Å². The van der Waals surface area contributed by atoms with E-state index in [1.54, 1.807) is 30.3 Å². The summed E-state index contributed by atoms with van der Waals surface area (Å²) < 4.78 is 61.8. The van der Waals surface area contributed by atoms with Gasteiger partial charge in [0, 0.05) is 14.2 Å². The molecule has 0 N–H and O–H groups in total. The first-order valence-electron chi connectivity index (χ1n) is 13.3. The van der Waals surface area contributed by atoms with Gasteiger partial charge < -0.3 is 14.2 Å². The molecule has 0 unspecified atom stereocenters. The molecule has 0 amide bonds. The van der Waals surface area contributed by atoms with E-state index in [4.69, 9.17) is 49.0 Å². The zero-order chi connectivity index (χ0) is 33.3. The molecule has 3 aromatic carbocycles. The van der Waals surface area contributed by atoms with Crippen LogP contribution < -0.4 is 24.4 Å². The highest BCUT2D eigenvalue weighted by Gasteiger charge is 2.45. The van der Waals surface area contributed by atoms with Crippen molar-refractivity contribution in [3.8, 4) is 11.5 Å². The molecule has 5 rings (SSSR count). The number of nitrogens with zero attached hydrogens (tertiary/aromatic N) is 2. The maximum Gasteiger partial charge on any atom is 0.434 e. The lowest BCUT2D eigenvalue weighted by atomic mass is 9.95. The van der Waals surface area contributed by atoms with Gasteiger partial charge in [-0.25, -0.2) is 9.79 Å². The Morgan fingerprint density at radius 1 is 1.09 bits per heavy atom. The van der Waals surface area contributed by atoms with Gasteiger partial charge in [0.25, 0.3) is 5.56 Å². The minimum atomic E-state index is -5.03. The molecule has 0 saturated carbocycles. The number of fused-ring (bicyclic) bond motifs is 1. The van der Waals surface area contributed by atoms with Crippen molar-refractivity contribution in [2.75, 3.05) is 13.7 Å². The molecular weight excluding hydrogens is 803 g/mol. The van der Waals surface area contributed by atoms with E-state index >= 15 is 0 Å². The third kappa shape index (κ3) is 7.10. The van der Waals surface area contributed by atoms with Crippen LogP contribution in [0.3, 0.4) is 0 Å². The standard InChI is InChI=1S/C31H21Cl3F3IN2O5S/c1-3-44-29(42)24-25(16-5-7-18(32)8-6-16)40-28(41)23(46-30(40)39-27(24)31(35,36)37)12-17-11-19(38)13-22(43-2)26(17)45-14-15-4-9-20(33)21(34)10-15/h4-13,25H,3,14H2,1-2H3/b23-12-/t25-/m1/s1. The lowest BCUT2D eigenvalue weighted by Crippen LogP contribution is -2.41. The number of allylic oxidation sites excluding steroid dienone is 1. The number of carbonyl (C=O) groups is 1. The summed E-state index contributed by atoms with van der Waals surface area (Å²) in [6, 6.07) is 12.8. The van der Waals surface area contributed by atoms with Gasteiger partial charge in [-0.3, -0.25) is 9.36 Å². The number of rotatable bonds is 8. The molecule has 0 bridgehead atoms. The Labute approximate surface area is 292 Å². The molecule has 0 fully saturated rings. The third-order valence-corrected chi connectivity index (χ3v) is 9.30. The van der Waals surface area contributed by atoms with Crippen LogP contribution in [0.4, 0.5) is 13.2 Å². The highest BCUT2D eigenvalue weighted by atomic mass is 127. The molecule has 46 heavy (non-hydrogen) atoms. The number of alkyl halides is 3. The van der Waals surface area contributed by atoms with Crippen molar-refractivity contribution in [3.63, 3.8) is 0 Å². The first kappa shape index (κ1) is 34.3. The van der Waals surface area contributed by atoms with E-state index in [2.05, 4.69) is 27.6 Å². The van der Waals surface area contributed by atoms with Gasteiger partial charge in [0.15, 0.2) is 22.0 Å². The maximum atomic E-state index is 14.4. The molecule has 0 saturated heterocycles. The molecule has 1 aromatic heterocycles. The zero-order valence-electron chi connectivity index (χ0n) is 23.8. The van der Waals surface area contributed by atoms with Crippen LogP contribution in [0.15, 0.2) is 75.7 Å². The second kappa shape index (κ2) is 14.0. The Kier molecular flexibility index (Phi) is 10.4. The molecule has 0 aliphatic carbocycles. The largest absolute Gasteiger partial charge is 0.493 e. The number of ether oxygens (including phenoxy) is 3. The second-order valence-electron chi connectivity index (χ2n) is 9.68. The number of hydrogen-bond donors (Lipinski definition) is 0. The van der Waals surface area contributed by atoms with Crippen LogP contribution in [0.25, 0.3) is 6.08 Å². The van der Waals surface area contributed by atoms with E-state index in [0.29, 0.717) is 31.9 Å². The quantitative estimate of drug-likeness (QED) is 0.136. The summed E-state index contributed by atoms with van der Waals surface area (Å²) in [7, 11) is 1.46. The van der Waals surface area contributed by atoms with Crippen molar-refractivity contribution in [3.05, 3.63) is 121 Å². The smallest absolute Gasteiger partial charge is 0.434 e. The number of methoxy groups -OCH3 is 1. The lowest BCUT2D eigenvalue weighted by Gasteiger charge is -2.26. The zero-order valence-corrected chi connectivity index (χ0v) is 29.0. The second-order valence-corrected chi connectivity index (χ2v) is 13.2. The van der Waals surface area contributed by atoms with Crippen LogP contribution in [0.2, 0.25) is 15.1 Å². The van der Waals surface area contributed by atoms with E-state index in [1.165, 1.54) is 44.4 Å². The Balaban J connectivity index is 1.72. The molecule has 4 aromatic rings. The molecule has 7 nitrogen and oxygen atoms in total. The van der Waals surface area contributed by atoms with Gasteiger partial charge in [0.2, 0.25) is 0 Å². The van der Waals surface area contributed by atoms with Gasteiger partial charge in [-0.15, -0.1) is 0 Å². The molecule has 15 heteroatoms. The lowest BCUT2D eigenvalue weighted by molar-refractivity contribution is -0.140. The predicted molar refractivity (Wildman–Crippen MR) is 179 cm³/mol. The Morgan fingerprint density at radius 2 is 1.80 bits per heavy atom. The summed E-state index contributed by atoms with van der Waals surface area (Å²) in [5.41, 5.74) is -1.61. The highest BCUT2D eigenvalue weighted by molar-refractivity contribution is 14.1. The van der Waals surface area contributed by atoms with E-state index in [-0.39, 0.29) is 33.9 Å². The fourth-order valence-electron chi connectivity index (χ4n) is 4.73. The van der Waals surface area contributed by atoms with Crippen LogP contribution in [-0.4, -0.2) is 30.4 Å². The molecule has 0 spiro atoms. The number of thiazole rings is 1. The Bertz CT molecular complexity index is 2050. The van der Waals surface area contributed by atoms with E-state index in [9.17, 15) is 22.8 Å². The monoisotopic (exact) mass is 822 g/mol. The fraction of sp³-hybridized carbons (Fsp3) is 0.194. The van der Waals surface area contributed by atoms with E-state index in [1.807, 2.05) is 0 Å². The molecular formula is C31H21Cl3F3IN2O5S. The minimum absolute atomic E-state index is 0.0350. The minimum Gasteiger partial charge on any atom is -0.493 e.